The van der Waals surface area contributed by atoms with Crippen LogP contribution in [0.15, 0.2) is 12.1 Å². The Balaban J connectivity index is 3.16. The average molecular weight is 513 g/mol. The number of nitro benzene ring substituents is 1. The number of amides is 1. The molecule has 0 aliphatic heterocycles. The van der Waals surface area contributed by atoms with E-state index in [1.54, 1.807) is 41.5 Å². The Bertz CT molecular complexity index is 963. The van der Waals surface area contributed by atoms with Gasteiger partial charge in [0.1, 0.15) is 23.3 Å². The van der Waals surface area contributed by atoms with Crippen LogP contribution in [0.5, 0.6) is 11.5 Å². The zero-order valence-electron chi connectivity index (χ0n) is 22.3. The van der Waals surface area contributed by atoms with Crippen molar-refractivity contribution in [2.45, 2.75) is 84.7 Å². The topological polar surface area (TPSA) is 153 Å². The number of nitrogens with one attached hydrogen (secondary N) is 1. The first-order valence-electron chi connectivity index (χ1n) is 11.3. The molecule has 2 unspecified atom stereocenters. The number of carbonyl (C=O) groups is 3. The van der Waals surface area contributed by atoms with Crippen molar-refractivity contribution in [1.82, 2.24) is 5.32 Å². The van der Waals surface area contributed by atoms with E-state index in [2.05, 4.69) is 5.32 Å². The summed E-state index contributed by atoms with van der Waals surface area (Å²) in [6.45, 7) is 11.5. The largest absolute Gasteiger partial charge is 0.493 e. The smallest absolute Gasteiger partial charge is 0.408 e. The number of nitro groups is 1. The third-order valence-corrected chi connectivity index (χ3v) is 4.49. The summed E-state index contributed by atoms with van der Waals surface area (Å²) in [6, 6.07) is 1.22. The maximum atomic E-state index is 13.0. The minimum absolute atomic E-state index is 0.0501. The van der Waals surface area contributed by atoms with Gasteiger partial charge in [-0.15, -0.1) is 0 Å². The minimum atomic E-state index is -1.28. The number of alkyl carbamates (subject to hydrolysis) is 1. The summed E-state index contributed by atoms with van der Waals surface area (Å²) >= 11 is 0. The first-order chi connectivity index (χ1) is 16.5. The molecule has 0 fully saturated rings. The predicted octanol–water partition coefficient (Wildman–Crippen LogP) is 4.23. The standard InChI is InChI=1S/C24H36N2O10/c1-14(15-12-18(32-8)19(33-9)13-17(15)26(30)31)34-21(28)16(25-22(29)36-24(5,6)7)10-11-20(27)35-23(2,3)4/h12-14,16H,10-11H2,1-9H3,(H,25,29). The molecule has 12 heteroatoms. The molecule has 202 valence electrons. The number of ether oxygens (including phenoxy) is 5. The summed E-state index contributed by atoms with van der Waals surface area (Å²) in [5.74, 6) is -1.15. The molecule has 0 aliphatic rings. The molecule has 0 radical (unpaired) electrons. The van der Waals surface area contributed by atoms with E-state index in [1.165, 1.54) is 27.2 Å². The van der Waals surface area contributed by atoms with E-state index in [4.69, 9.17) is 23.7 Å². The Morgan fingerprint density at radius 2 is 1.50 bits per heavy atom. The highest BCUT2D eigenvalue weighted by atomic mass is 16.6. The lowest BCUT2D eigenvalue weighted by atomic mass is 10.1. The van der Waals surface area contributed by atoms with Gasteiger partial charge in [-0.3, -0.25) is 14.9 Å². The van der Waals surface area contributed by atoms with Gasteiger partial charge in [0.2, 0.25) is 0 Å². The molecule has 36 heavy (non-hydrogen) atoms. The number of benzene rings is 1. The Morgan fingerprint density at radius 3 is 1.97 bits per heavy atom. The van der Waals surface area contributed by atoms with Gasteiger partial charge < -0.3 is 29.0 Å². The maximum Gasteiger partial charge on any atom is 0.408 e. The molecule has 1 N–H and O–H groups in total. The zero-order valence-corrected chi connectivity index (χ0v) is 22.3. The second-order valence-electron chi connectivity index (χ2n) is 9.93. The lowest BCUT2D eigenvalue weighted by molar-refractivity contribution is -0.386. The second kappa shape index (κ2) is 12.4. The van der Waals surface area contributed by atoms with Crippen LogP contribution in [-0.4, -0.2) is 54.4 Å². The van der Waals surface area contributed by atoms with E-state index >= 15 is 0 Å². The second-order valence-corrected chi connectivity index (χ2v) is 9.93. The number of nitrogens with zero attached hydrogens (tertiary/aromatic N) is 1. The van der Waals surface area contributed by atoms with Gasteiger partial charge in [0.25, 0.3) is 5.69 Å². The van der Waals surface area contributed by atoms with Crippen LogP contribution in [0.3, 0.4) is 0 Å². The van der Waals surface area contributed by atoms with E-state index in [0.717, 1.165) is 6.07 Å². The Hall–Kier alpha value is -3.57. The van der Waals surface area contributed by atoms with Crippen LogP contribution >= 0.6 is 0 Å². The van der Waals surface area contributed by atoms with Crippen molar-refractivity contribution in [2.75, 3.05) is 14.2 Å². The number of hydrogen-bond acceptors (Lipinski definition) is 10. The van der Waals surface area contributed by atoms with Crippen molar-refractivity contribution in [2.24, 2.45) is 0 Å². The Morgan fingerprint density at radius 1 is 0.972 bits per heavy atom. The fourth-order valence-corrected chi connectivity index (χ4v) is 3.04. The number of rotatable bonds is 10. The quantitative estimate of drug-likeness (QED) is 0.208. The van der Waals surface area contributed by atoms with Gasteiger partial charge in [0.15, 0.2) is 11.5 Å². The molecule has 1 aromatic carbocycles. The van der Waals surface area contributed by atoms with Crippen LogP contribution in [0, 0.1) is 10.1 Å². The van der Waals surface area contributed by atoms with Crippen molar-refractivity contribution in [3.8, 4) is 11.5 Å². The monoisotopic (exact) mass is 512 g/mol. The molecule has 0 saturated heterocycles. The van der Waals surface area contributed by atoms with Gasteiger partial charge in [-0.1, -0.05) is 0 Å². The molecule has 1 amide bonds. The van der Waals surface area contributed by atoms with Gasteiger partial charge in [-0.2, -0.15) is 0 Å². The van der Waals surface area contributed by atoms with Gasteiger partial charge in [-0.05, 0) is 61.0 Å². The summed E-state index contributed by atoms with van der Waals surface area (Å²) in [5, 5.41) is 14.0. The first-order valence-corrected chi connectivity index (χ1v) is 11.3. The summed E-state index contributed by atoms with van der Waals surface area (Å²) in [4.78, 5) is 48.5. The van der Waals surface area contributed by atoms with Crippen LogP contribution in [0.1, 0.15) is 73.0 Å². The van der Waals surface area contributed by atoms with Crippen LogP contribution in [0.2, 0.25) is 0 Å². The molecule has 12 nitrogen and oxygen atoms in total. The fourth-order valence-electron chi connectivity index (χ4n) is 3.04. The maximum absolute atomic E-state index is 13.0. The van der Waals surface area contributed by atoms with E-state index in [9.17, 15) is 24.5 Å². The van der Waals surface area contributed by atoms with Gasteiger partial charge in [0.05, 0.1) is 30.8 Å². The van der Waals surface area contributed by atoms with Gasteiger partial charge in [0, 0.05) is 6.42 Å². The van der Waals surface area contributed by atoms with E-state index < -0.39 is 46.3 Å². The van der Waals surface area contributed by atoms with Crippen molar-refractivity contribution in [3.63, 3.8) is 0 Å². The molecule has 0 bridgehead atoms. The summed E-state index contributed by atoms with van der Waals surface area (Å²) in [7, 11) is 2.70. The molecule has 0 saturated carbocycles. The van der Waals surface area contributed by atoms with Crippen LogP contribution in [0.25, 0.3) is 0 Å². The van der Waals surface area contributed by atoms with Crippen molar-refractivity contribution in [1.29, 1.82) is 0 Å². The molecule has 0 heterocycles. The third-order valence-electron chi connectivity index (χ3n) is 4.49. The molecule has 0 aromatic heterocycles. The lowest BCUT2D eigenvalue weighted by Crippen LogP contribution is -2.44. The zero-order chi connectivity index (χ0) is 27.8. The van der Waals surface area contributed by atoms with Crippen molar-refractivity contribution in [3.05, 3.63) is 27.8 Å². The SMILES string of the molecule is COc1cc(C(C)OC(=O)C(CCC(=O)OC(C)(C)C)NC(=O)OC(C)(C)C)c([N+](=O)[O-])cc1OC. The number of carbonyl (C=O) groups excluding carboxylic acids is 3. The summed E-state index contributed by atoms with van der Waals surface area (Å²) in [5.41, 5.74) is -1.86. The molecule has 0 aliphatic carbocycles. The molecular formula is C24H36N2O10. The molecule has 1 aromatic rings. The minimum Gasteiger partial charge on any atom is -0.493 e. The normalized spacial score (nSPS) is 13.1. The Kier molecular flexibility index (Phi) is 10.5. The van der Waals surface area contributed by atoms with Crippen LogP contribution in [-0.2, 0) is 23.8 Å². The number of esters is 2. The molecular weight excluding hydrogens is 476 g/mol. The van der Waals surface area contributed by atoms with Crippen LogP contribution < -0.4 is 14.8 Å². The highest BCUT2D eigenvalue weighted by Crippen LogP contribution is 2.38. The number of hydrogen-bond donors (Lipinski definition) is 1. The average Bonchev–Trinajstić information content (AvgIpc) is 2.72. The lowest BCUT2D eigenvalue weighted by Gasteiger charge is -2.25. The summed E-state index contributed by atoms with van der Waals surface area (Å²) in [6.07, 6.45) is -2.34. The molecule has 2 atom stereocenters. The van der Waals surface area contributed by atoms with E-state index in [0.29, 0.717) is 0 Å². The van der Waals surface area contributed by atoms with Crippen molar-refractivity contribution >= 4 is 23.7 Å². The highest BCUT2D eigenvalue weighted by Gasteiger charge is 2.31. The molecule has 1 rings (SSSR count). The van der Waals surface area contributed by atoms with Gasteiger partial charge >= 0.3 is 18.0 Å². The summed E-state index contributed by atoms with van der Waals surface area (Å²) < 4.78 is 26.2. The molecule has 0 spiro atoms. The predicted molar refractivity (Wildman–Crippen MR) is 129 cm³/mol. The third kappa shape index (κ3) is 9.96. The van der Waals surface area contributed by atoms with E-state index in [-0.39, 0.29) is 35.6 Å². The van der Waals surface area contributed by atoms with Crippen molar-refractivity contribution < 1.29 is 43.0 Å². The van der Waals surface area contributed by atoms with Gasteiger partial charge in [-0.25, -0.2) is 9.59 Å². The van der Waals surface area contributed by atoms with Crippen LogP contribution in [0.4, 0.5) is 10.5 Å². The fraction of sp³-hybridized carbons (Fsp3) is 0.625. The first kappa shape index (κ1) is 30.5. The highest BCUT2D eigenvalue weighted by molar-refractivity contribution is 5.82. The Labute approximate surface area is 210 Å². The van der Waals surface area contributed by atoms with E-state index in [1.807, 2.05) is 0 Å². The number of methoxy groups -OCH3 is 2.